The summed E-state index contributed by atoms with van der Waals surface area (Å²) in [6.45, 7) is 6.31. The van der Waals surface area contributed by atoms with E-state index in [1.807, 2.05) is 36.4 Å². The van der Waals surface area contributed by atoms with Gasteiger partial charge in [0.15, 0.2) is 5.78 Å². The Hall–Kier alpha value is -1.34. The summed E-state index contributed by atoms with van der Waals surface area (Å²) in [5.41, 5.74) is 1.66. The molecule has 0 atom stereocenters. The average molecular weight is 275 g/mol. The minimum atomic E-state index is -1.03. The van der Waals surface area contributed by atoms with Gasteiger partial charge in [-0.05, 0) is 17.4 Å². The predicted octanol–water partition coefficient (Wildman–Crippen LogP) is 4.66. The molecule has 0 saturated carbocycles. The molecule has 0 aliphatic heterocycles. The number of carbonyl (C=O) groups is 1. The number of rotatable bonds is 2. The Bertz CT molecular complexity index is 535. The molecule has 0 aromatic heterocycles. The quantitative estimate of drug-likeness (QED) is 0.435. The van der Waals surface area contributed by atoms with Crippen molar-refractivity contribution >= 4 is 17.4 Å². The van der Waals surface area contributed by atoms with Crippen LogP contribution in [-0.2, 0) is 5.41 Å². The highest BCUT2D eigenvalue weighted by Crippen LogP contribution is 2.33. The van der Waals surface area contributed by atoms with E-state index < -0.39 is 4.87 Å². The Labute approximate surface area is 120 Å². The first kappa shape index (κ1) is 14.1. The third-order valence-corrected chi connectivity index (χ3v) is 3.74. The molecule has 100 valence electrons. The highest BCUT2D eigenvalue weighted by molar-refractivity contribution is 6.41. The second kappa shape index (κ2) is 4.97. The lowest BCUT2D eigenvalue weighted by molar-refractivity contribution is 0.0973. The molecule has 0 bridgehead atoms. The fourth-order valence-corrected chi connectivity index (χ4v) is 2.59. The molecule has 19 heavy (non-hydrogen) atoms. The van der Waals surface area contributed by atoms with Gasteiger partial charge >= 0.3 is 0 Å². The SMILES string of the molecule is CC(C)(C)c1ccccc1C(=O)C1(Cl)C=CCC=C1. The lowest BCUT2D eigenvalue weighted by Gasteiger charge is -2.26. The van der Waals surface area contributed by atoms with Crippen LogP contribution in [0.1, 0.15) is 43.1 Å². The number of Topliss-reactive ketones (excluding diaryl/α,β-unsaturated/α-hetero) is 1. The van der Waals surface area contributed by atoms with E-state index in [1.54, 1.807) is 12.2 Å². The van der Waals surface area contributed by atoms with Crippen molar-refractivity contribution in [2.24, 2.45) is 0 Å². The third-order valence-electron chi connectivity index (χ3n) is 3.32. The van der Waals surface area contributed by atoms with Crippen molar-refractivity contribution in [2.75, 3.05) is 0 Å². The molecule has 0 spiro atoms. The second-order valence-corrected chi connectivity index (χ2v) is 6.56. The maximum Gasteiger partial charge on any atom is 0.191 e. The maximum atomic E-state index is 12.8. The highest BCUT2D eigenvalue weighted by atomic mass is 35.5. The van der Waals surface area contributed by atoms with Crippen LogP contribution in [0.25, 0.3) is 0 Å². The minimum Gasteiger partial charge on any atom is -0.291 e. The van der Waals surface area contributed by atoms with Gasteiger partial charge in [0.05, 0.1) is 0 Å². The van der Waals surface area contributed by atoms with Crippen LogP contribution in [0.5, 0.6) is 0 Å². The van der Waals surface area contributed by atoms with E-state index in [9.17, 15) is 4.79 Å². The first-order valence-corrected chi connectivity index (χ1v) is 6.91. The predicted molar refractivity (Wildman–Crippen MR) is 81.0 cm³/mol. The Balaban J connectivity index is 2.48. The van der Waals surface area contributed by atoms with Gasteiger partial charge < -0.3 is 0 Å². The van der Waals surface area contributed by atoms with Gasteiger partial charge in [-0.15, -0.1) is 11.6 Å². The van der Waals surface area contributed by atoms with Crippen LogP contribution in [0.2, 0.25) is 0 Å². The normalized spacial score (nSPS) is 17.5. The monoisotopic (exact) mass is 274 g/mol. The van der Waals surface area contributed by atoms with Crippen molar-refractivity contribution in [3.8, 4) is 0 Å². The van der Waals surface area contributed by atoms with Crippen molar-refractivity contribution in [3.63, 3.8) is 0 Å². The Kier molecular flexibility index (Phi) is 3.69. The van der Waals surface area contributed by atoms with Gasteiger partial charge in [-0.25, -0.2) is 0 Å². The van der Waals surface area contributed by atoms with Gasteiger partial charge in [-0.2, -0.15) is 0 Å². The van der Waals surface area contributed by atoms with Crippen molar-refractivity contribution in [2.45, 2.75) is 37.5 Å². The molecule has 0 amide bonds. The number of ketones is 1. The molecular formula is C17H19ClO. The first-order chi connectivity index (χ1) is 8.84. The van der Waals surface area contributed by atoms with E-state index >= 15 is 0 Å². The fourth-order valence-electron chi connectivity index (χ4n) is 2.31. The lowest BCUT2D eigenvalue weighted by atomic mass is 9.80. The summed E-state index contributed by atoms with van der Waals surface area (Å²) < 4.78 is 0. The maximum absolute atomic E-state index is 12.8. The fraction of sp³-hybridized carbons (Fsp3) is 0.353. The van der Waals surface area contributed by atoms with Gasteiger partial charge in [0, 0.05) is 5.56 Å². The molecule has 0 fully saturated rings. The van der Waals surface area contributed by atoms with Crippen molar-refractivity contribution < 1.29 is 4.79 Å². The van der Waals surface area contributed by atoms with Crippen LogP contribution in [0, 0.1) is 0 Å². The number of alkyl halides is 1. The number of carbonyl (C=O) groups excluding carboxylic acids is 1. The largest absolute Gasteiger partial charge is 0.291 e. The van der Waals surface area contributed by atoms with Crippen LogP contribution < -0.4 is 0 Å². The molecule has 0 radical (unpaired) electrons. The summed E-state index contributed by atoms with van der Waals surface area (Å²) in [5.74, 6) is -0.0492. The number of benzene rings is 1. The second-order valence-electron chi connectivity index (χ2n) is 5.93. The van der Waals surface area contributed by atoms with Gasteiger partial charge in [-0.1, -0.05) is 69.3 Å². The van der Waals surface area contributed by atoms with Crippen molar-refractivity contribution in [1.29, 1.82) is 0 Å². The molecule has 1 aliphatic carbocycles. The molecule has 1 aromatic rings. The topological polar surface area (TPSA) is 17.1 Å². The summed E-state index contributed by atoms with van der Waals surface area (Å²) in [7, 11) is 0. The third kappa shape index (κ3) is 2.82. The molecule has 1 aliphatic rings. The van der Waals surface area contributed by atoms with E-state index in [1.165, 1.54) is 0 Å². The Morgan fingerprint density at radius 2 is 1.74 bits per heavy atom. The number of halogens is 1. The Morgan fingerprint density at radius 3 is 2.32 bits per heavy atom. The van der Waals surface area contributed by atoms with Crippen molar-refractivity contribution in [1.82, 2.24) is 0 Å². The zero-order chi connectivity index (χ0) is 14.1. The van der Waals surface area contributed by atoms with Crippen LogP contribution >= 0.6 is 11.6 Å². The molecule has 0 saturated heterocycles. The minimum absolute atomic E-state index is 0.0492. The molecule has 0 unspecified atom stereocenters. The van der Waals surface area contributed by atoms with E-state index in [0.717, 1.165) is 12.0 Å². The van der Waals surface area contributed by atoms with Crippen LogP contribution in [0.4, 0.5) is 0 Å². The van der Waals surface area contributed by atoms with Gasteiger partial charge in [-0.3, -0.25) is 4.79 Å². The molecule has 2 heteroatoms. The Morgan fingerprint density at radius 1 is 1.16 bits per heavy atom. The van der Waals surface area contributed by atoms with E-state index in [4.69, 9.17) is 11.6 Å². The molecule has 1 aromatic carbocycles. The number of hydrogen-bond acceptors (Lipinski definition) is 1. The molecular weight excluding hydrogens is 256 g/mol. The van der Waals surface area contributed by atoms with E-state index in [0.29, 0.717) is 5.56 Å². The summed E-state index contributed by atoms with van der Waals surface area (Å²) in [6, 6.07) is 7.72. The molecule has 2 rings (SSSR count). The van der Waals surface area contributed by atoms with Crippen LogP contribution in [-0.4, -0.2) is 10.7 Å². The highest BCUT2D eigenvalue weighted by Gasteiger charge is 2.34. The standard InChI is InChI=1S/C17H19ClO/c1-16(2,3)14-10-6-5-9-13(14)15(19)17(18)11-7-4-8-12-17/h5-12H,4H2,1-3H3. The first-order valence-electron chi connectivity index (χ1n) is 6.53. The van der Waals surface area contributed by atoms with Gasteiger partial charge in [0.1, 0.15) is 4.87 Å². The van der Waals surface area contributed by atoms with Crippen molar-refractivity contribution in [3.05, 3.63) is 59.7 Å². The summed E-state index contributed by atoms with van der Waals surface area (Å²) in [6.07, 6.45) is 8.28. The molecule has 0 N–H and O–H groups in total. The lowest BCUT2D eigenvalue weighted by Crippen LogP contribution is -2.31. The summed E-state index contributed by atoms with van der Waals surface area (Å²) in [5, 5.41) is 0. The molecule has 1 nitrogen and oxygen atoms in total. The van der Waals surface area contributed by atoms with Crippen LogP contribution in [0.3, 0.4) is 0 Å². The number of hydrogen-bond donors (Lipinski definition) is 0. The summed E-state index contributed by atoms with van der Waals surface area (Å²) >= 11 is 6.46. The van der Waals surface area contributed by atoms with E-state index in [2.05, 4.69) is 20.8 Å². The average Bonchev–Trinajstić information content (AvgIpc) is 2.38. The van der Waals surface area contributed by atoms with Crippen LogP contribution in [0.15, 0.2) is 48.6 Å². The zero-order valence-corrected chi connectivity index (χ0v) is 12.4. The van der Waals surface area contributed by atoms with Gasteiger partial charge in [0.25, 0.3) is 0 Å². The zero-order valence-electron chi connectivity index (χ0n) is 11.6. The smallest absolute Gasteiger partial charge is 0.191 e. The number of allylic oxidation sites excluding steroid dienone is 4. The summed E-state index contributed by atoms with van der Waals surface area (Å²) in [4.78, 5) is 11.7. The van der Waals surface area contributed by atoms with E-state index in [-0.39, 0.29) is 11.2 Å². The van der Waals surface area contributed by atoms with Gasteiger partial charge in [0.2, 0.25) is 0 Å². The molecule has 0 heterocycles.